The summed E-state index contributed by atoms with van der Waals surface area (Å²) in [5.41, 5.74) is 2.64. The monoisotopic (exact) mass is 478 g/mol. The number of ketones is 1. The van der Waals surface area contributed by atoms with Crippen LogP contribution in [0.25, 0.3) is 11.3 Å². The van der Waals surface area contributed by atoms with Crippen molar-refractivity contribution >= 4 is 15.8 Å². The second-order valence-corrected chi connectivity index (χ2v) is 10.8. The first kappa shape index (κ1) is 22.6. The van der Waals surface area contributed by atoms with Gasteiger partial charge in [-0.3, -0.25) is 9.78 Å². The molecule has 0 spiro atoms. The van der Waals surface area contributed by atoms with Crippen LogP contribution in [0.4, 0.5) is 0 Å². The fraction of sp³-hybridized carbons (Fsp3) is 0.308. The fourth-order valence-corrected chi connectivity index (χ4v) is 5.55. The summed E-state index contributed by atoms with van der Waals surface area (Å²) in [7, 11) is -3.55. The van der Waals surface area contributed by atoms with Gasteiger partial charge in [0, 0.05) is 23.7 Å². The molecule has 34 heavy (non-hydrogen) atoms. The highest BCUT2D eigenvalue weighted by Crippen LogP contribution is 2.51. The van der Waals surface area contributed by atoms with Gasteiger partial charge in [-0.2, -0.15) is 0 Å². The molecule has 1 aromatic heterocycles. The first-order valence-electron chi connectivity index (χ1n) is 11.3. The molecule has 0 unspecified atom stereocenters. The van der Waals surface area contributed by atoms with Crippen molar-refractivity contribution in [1.82, 2.24) is 9.71 Å². The van der Waals surface area contributed by atoms with E-state index in [0.29, 0.717) is 22.9 Å². The zero-order chi connectivity index (χ0) is 23.9. The predicted octanol–water partition coefficient (Wildman–Crippen LogP) is 4.01. The second-order valence-electron chi connectivity index (χ2n) is 9.06. The number of nitrogens with zero attached hydrogens (tertiary/aromatic N) is 1. The molecule has 1 fully saturated rings. The molecular formula is C26H26N2O5S. The number of ether oxygens (including phenoxy) is 2. The summed E-state index contributed by atoms with van der Waals surface area (Å²) in [6.07, 6.45) is 1.85. The highest BCUT2D eigenvalue weighted by molar-refractivity contribution is 7.89. The van der Waals surface area contributed by atoms with Crippen molar-refractivity contribution < 1.29 is 22.7 Å². The van der Waals surface area contributed by atoms with E-state index in [9.17, 15) is 13.2 Å². The SMILES string of the molecule is CC(C)NS(=O)(=O)c1ccc(-c2cccc(CC(=O)C3(c4ccc5c(c4)OCO5)CC3)n2)cc1. The van der Waals surface area contributed by atoms with Gasteiger partial charge < -0.3 is 9.47 Å². The van der Waals surface area contributed by atoms with Crippen molar-refractivity contribution in [3.63, 3.8) is 0 Å². The lowest BCUT2D eigenvalue weighted by Crippen LogP contribution is -2.30. The third-order valence-corrected chi connectivity index (χ3v) is 7.88. The molecule has 2 aromatic carbocycles. The van der Waals surface area contributed by atoms with E-state index in [1.165, 1.54) is 0 Å². The van der Waals surface area contributed by atoms with Crippen LogP contribution in [0.3, 0.4) is 0 Å². The van der Waals surface area contributed by atoms with Crippen LogP contribution in [0.1, 0.15) is 37.9 Å². The van der Waals surface area contributed by atoms with Crippen LogP contribution in [0.15, 0.2) is 65.6 Å². The summed E-state index contributed by atoms with van der Waals surface area (Å²) in [5.74, 6) is 1.53. The summed E-state index contributed by atoms with van der Waals surface area (Å²) in [6, 6.07) is 17.7. The number of carbonyl (C=O) groups excluding carboxylic acids is 1. The molecule has 7 nitrogen and oxygen atoms in total. The van der Waals surface area contributed by atoms with E-state index in [2.05, 4.69) is 9.71 Å². The normalized spacial score (nSPS) is 16.0. The Hall–Kier alpha value is -3.23. The van der Waals surface area contributed by atoms with Crippen molar-refractivity contribution in [3.8, 4) is 22.8 Å². The zero-order valence-corrected chi connectivity index (χ0v) is 19.9. The number of nitrogens with one attached hydrogen (secondary N) is 1. The van der Waals surface area contributed by atoms with Gasteiger partial charge in [-0.15, -0.1) is 0 Å². The van der Waals surface area contributed by atoms with Crippen LogP contribution < -0.4 is 14.2 Å². The number of fused-ring (bicyclic) bond motifs is 1. The number of hydrogen-bond donors (Lipinski definition) is 1. The first-order valence-corrected chi connectivity index (χ1v) is 12.8. The summed E-state index contributed by atoms with van der Waals surface area (Å²) >= 11 is 0. The molecule has 3 aromatic rings. The van der Waals surface area contributed by atoms with E-state index in [0.717, 1.165) is 24.0 Å². The number of aromatic nitrogens is 1. The van der Waals surface area contributed by atoms with Gasteiger partial charge in [0.25, 0.3) is 0 Å². The molecule has 176 valence electrons. The third kappa shape index (κ3) is 4.31. The van der Waals surface area contributed by atoms with Crippen LogP contribution >= 0.6 is 0 Å². The molecule has 2 aliphatic rings. The first-order chi connectivity index (χ1) is 16.3. The molecule has 0 atom stereocenters. The minimum Gasteiger partial charge on any atom is -0.454 e. The molecule has 1 aliphatic heterocycles. The quantitative estimate of drug-likeness (QED) is 0.526. The van der Waals surface area contributed by atoms with E-state index in [4.69, 9.17) is 9.47 Å². The number of hydrogen-bond acceptors (Lipinski definition) is 6. The maximum atomic E-state index is 13.3. The van der Waals surface area contributed by atoms with Gasteiger partial charge in [0.1, 0.15) is 5.78 Å². The Labute approximate surface area is 199 Å². The molecule has 2 heterocycles. The smallest absolute Gasteiger partial charge is 0.240 e. The molecule has 0 amide bonds. The Morgan fingerprint density at radius 1 is 1.03 bits per heavy atom. The standard InChI is InChI=1S/C26H26N2O5S/c1-17(2)28-34(30,31)21-9-6-18(7-10-21)22-5-3-4-20(27-22)15-25(29)26(12-13-26)19-8-11-23-24(14-19)33-16-32-23/h3-11,14,17,28H,12-13,15-16H2,1-2H3. The van der Waals surface area contributed by atoms with Crippen molar-refractivity contribution in [3.05, 3.63) is 71.9 Å². The van der Waals surface area contributed by atoms with Crippen LogP contribution in [-0.4, -0.2) is 32.0 Å². The molecule has 0 bridgehead atoms. The molecule has 8 heteroatoms. The average Bonchev–Trinajstić information content (AvgIpc) is 3.49. The van der Waals surface area contributed by atoms with E-state index in [-0.39, 0.29) is 29.9 Å². The minimum absolute atomic E-state index is 0.136. The maximum Gasteiger partial charge on any atom is 0.240 e. The number of rotatable bonds is 8. The van der Waals surface area contributed by atoms with Crippen LogP contribution in [0.2, 0.25) is 0 Å². The number of Topliss-reactive ketones (excluding diaryl/α,β-unsaturated/α-hetero) is 1. The van der Waals surface area contributed by atoms with Crippen molar-refractivity contribution in [2.75, 3.05) is 6.79 Å². The lowest BCUT2D eigenvalue weighted by molar-refractivity contribution is -0.120. The largest absolute Gasteiger partial charge is 0.454 e. The molecular weight excluding hydrogens is 452 g/mol. The van der Waals surface area contributed by atoms with Gasteiger partial charge >= 0.3 is 0 Å². The molecule has 1 saturated carbocycles. The van der Waals surface area contributed by atoms with Crippen molar-refractivity contribution in [2.24, 2.45) is 0 Å². The molecule has 0 saturated heterocycles. The van der Waals surface area contributed by atoms with Gasteiger partial charge in [-0.25, -0.2) is 13.1 Å². The lowest BCUT2D eigenvalue weighted by atomic mass is 9.88. The molecule has 1 N–H and O–H groups in total. The fourth-order valence-electron chi connectivity index (χ4n) is 4.30. The lowest BCUT2D eigenvalue weighted by Gasteiger charge is -2.15. The Bertz CT molecular complexity index is 1350. The Morgan fingerprint density at radius 2 is 1.76 bits per heavy atom. The van der Waals surface area contributed by atoms with E-state index < -0.39 is 15.4 Å². The highest BCUT2D eigenvalue weighted by Gasteiger charge is 2.51. The predicted molar refractivity (Wildman–Crippen MR) is 127 cm³/mol. The summed E-state index contributed by atoms with van der Waals surface area (Å²) in [5, 5.41) is 0. The molecule has 1 aliphatic carbocycles. The van der Waals surface area contributed by atoms with Gasteiger partial charge in [0.05, 0.1) is 16.0 Å². The van der Waals surface area contributed by atoms with E-state index in [1.54, 1.807) is 38.1 Å². The van der Waals surface area contributed by atoms with E-state index >= 15 is 0 Å². The van der Waals surface area contributed by atoms with Crippen LogP contribution in [-0.2, 0) is 26.7 Å². The average molecular weight is 479 g/mol. The topological polar surface area (TPSA) is 94.6 Å². The Balaban J connectivity index is 1.33. The highest BCUT2D eigenvalue weighted by atomic mass is 32.2. The zero-order valence-electron chi connectivity index (χ0n) is 19.1. The van der Waals surface area contributed by atoms with Crippen molar-refractivity contribution in [1.29, 1.82) is 0 Å². The van der Waals surface area contributed by atoms with Crippen LogP contribution in [0.5, 0.6) is 11.5 Å². The third-order valence-electron chi connectivity index (χ3n) is 6.21. The Morgan fingerprint density at radius 3 is 2.47 bits per heavy atom. The number of sulfonamides is 1. The summed E-state index contributed by atoms with van der Waals surface area (Å²) in [6.45, 7) is 3.76. The summed E-state index contributed by atoms with van der Waals surface area (Å²) in [4.78, 5) is 18.2. The van der Waals surface area contributed by atoms with Crippen LogP contribution in [0, 0.1) is 0 Å². The van der Waals surface area contributed by atoms with Crippen molar-refractivity contribution in [2.45, 2.75) is 49.5 Å². The molecule has 5 rings (SSSR count). The van der Waals surface area contributed by atoms with Gasteiger partial charge in [0.2, 0.25) is 16.8 Å². The van der Waals surface area contributed by atoms with Gasteiger partial charge in [0.15, 0.2) is 11.5 Å². The molecule has 0 radical (unpaired) electrons. The Kier molecular flexibility index (Phi) is 5.65. The maximum absolute atomic E-state index is 13.3. The summed E-state index contributed by atoms with van der Waals surface area (Å²) < 4.78 is 38.2. The number of benzene rings is 2. The second kappa shape index (κ2) is 8.52. The van der Waals surface area contributed by atoms with Gasteiger partial charge in [-0.1, -0.05) is 24.3 Å². The van der Waals surface area contributed by atoms with Gasteiger partial charge in [-0.05, 0) is 68.7 Å². The van der Waals surface area contributed by atoms with E-state index in [1.807, 2.05) is 36.4 Å². The minimum atomic E-state index is -3.55. The number of carbonyl (C=O) groups is 1. The number of pyridine rings is 1.